The van der Waals surface area contributed by atoms with E-state index in [2.05, 4.69) is 10.3 Å². The maximum atomic E-state index is 12.3. The Hall–Kier alpha value is -2.24. The van der Waals surface area contributed by atoms with Gasteiger partial charge >= 0.3 is 6.18 Å². The quantitative estimate of drug-likeness (QED) is 0.896. The number of hydrogen-bond donors (Lipinski definition) is 2. The molecule has 0 amide bonds. The molecule has 0 saturated heterocycles. The van der Waals surface area contributed by atoms with Gasteiger partial charge in [-0.25, -0.2) is 4.98 Å². The fraction of sp³-hybridized carbons (Fsp3) is 0.154. The SMILES string of the molecule is Oc1ccc(CNc2ccc(C(F)(F)F)nc2)cc1. The van der Waals surface area contributed by atoms with Crippen LogP contribution in [0.4, 0.5) is 18.9 Å². The van der Waals surface area contributed by atoms with Gasteiger partial charge in [-0.15, -0.1) is 0 Å². The summed E-state index contributed by atoms with van der Waals surface area (Å²) in [4.78, 5) is 3.35. The molecule has 100 valence electrons. The second-order valence-corrected chi connectivity index (χ2v) is 3.95. The Bertz CT molecular complexity index is 535. The van der Waals surface area contributed by atoms with Crippen molar-refractivity contribution in [2.45, 2.75) is 12.7 Å². The number of alkyl halides is 3. The summed E-state index contributed by atoms with van der Waals surface area (Å²) < 4.78 is 36.9. The summed E-state index contributed by atoms with van der Waals surface area (Å²) in [5.41, 5.74) is 0.487. The Morgan fingerprint density at radius 1 is 1.05 bits per heavy atom. The number of benzene rings is 1. The Morgan fingerprint density at radius 3 is 2.26 bits per heavy atom. The Kier molecular flexibility index (Phi) is 3.59. The summed E-state index contributed by atoms with van der Waals surface area (Å²) in [7, 11) is 0. The predicted octanol–water partition coefficient (Wildman–Crippen LogP) is 3.42. The molecular weight excluding hydrogens is 257 g/mol. The van der Waals surface area contributed by atoms with Gasteiger partial charge in [-0.1, -0.05) is 12.1 Å². The van der Waals surface area contributed by atoms with Crippen LogP contribution in [0.25, 0.3) is 0 Å². The molecule has 19 heavy (non-hydrogen) atoms. The van der Waals surface area contributed by atoms with Gasteiger partial charge in [0.25, 0.3) is 0 Å². The van der Waals surface area contributed by atoms with Crippen molar-refractivity contribution in [2.24, 2.45) is 0 Å². The van der Waals surface area contributed by atoms with Gasteiger partial charge in [-0.3, -0.25) is 0 Å². The van der Waals surface area contributed by atoms with E-state index in [1.807, 2.05) is 0 Å². The third kappa shape index (κ3) is 3.61. The normalized spacial score (nSPS) is 11.3. The highest BCUT2D eigenvalue weighted by atomic mass is 19.4. The average Bonchev–Trinajstić information content (AvgIpc) is 2.37. The van der Waals surface area contributed by atoms with Crippen molar-refractivity contribution in [3.05, 3.63) is 53.9 Å². The number of anilines is 1. The number of aromatic nitrogens is 1. The molecule has 0 aliphatic carbocycles. The van der Waals surface area contributed by atoms with Crippen LogP contribution in [-0.2, 0) is 12.7 Å². The maximum absolute atomic E-state index is 12.3. The lowest BCUT2D eigenvalue weighted by atomic mass is 10.2. The second kappa shape index (κ2) is 5.17. The summed E-state index contributed by atoms with van der Waals surface area (Å²) >= 11 is 0. The molecule has 2 rings (SSSR count). The van der Waals surface area contributed by atoms with Gasteiger partial charge in [-0.05, 0) is 29.8 Å². The van der Waals surface area contributed by atoms with E-state index in [-0.39, 0.29) is 5.75 Å². The van der Waals surface area contributed by atoms with Crippen LogP contribution in [-0.4, -0.2) is 10.1 Å². The lowest BCUT2D eigenvalue weighted by Crippen LogP contribution is -2.08. The minimum absolute atomic E-state index is 0.167. The Balaban J connectivity index is 1.98. The number of aromatic hydroxyl groups is 1. The molecule has 0 saturated carbocycles. The highest BCUT2D eigenvalue weighted by molar-refractivity contribution is 5.42. The zero-order chi connectivity index (χ0) is 13.9. The van der Waals surface area contributed by atoms with Gasteiger partial charge in [0.2, 0.25) is 0 Å². The van der Waals surface area contributed by atoms with E-state index in [1.54, 1.807) is 24.3 Å². The van der Waals surface area contributed by atoms with Gasteiger partial charge in [0.1, 0.15) is 11.4 Å². The number of phenolic OH excluding ortho intramolecular Hbond substituents is 1. The van der Waals surface area contributed by atoms with Gasteiger partial charge in [0, 0.05) is 6.54 Å². The standard InChI is InChI=1S/C13H11F3N2O/c14-13(15,16)12-6-3-10(8-18-12)17-7-9-1-4-11(19)5-2-9/h1-6,8,17,19H,7H2. The van der Waals surface area contributed by atoms with E-state index in [1.165, 1.54) is 6.07 Å². The van der Waals surface area contributed by atoms with Crippen molar-refractivity contribution in [1.29, 1.82) is 0 Å². The zero-order valence-corrected chi connectivity index (χ0v) is 9.78. The third-order valence-electron chi connectivity index (χ3n) is 2.49. The Labute approximate surface area is 107 Å². The van der Waals surface area contributed by atoms with Crippen molar-refractivity contribution in [2.75, 3.05) is 5.32 Å². The van der Waals surface area contributed by atoms with Crippen LogP contribution in [0, 0.1) is 0 Å². The smallest absolute Gasteiger partial charge is 0.433 e. The van der Waals surface area contributed by atoms with E-state index < -0.39 is 11.9 Å². The summed E-state index contributed by atoms with van der Waals surface area (Å²) in [6, 6.07) is 8.79. The van der Waals surface area contributed by atoms with E-state index in [0.717, 1.165) is 17.8 Å². The largest absolute Gasteiger partial charge is 0.508 e. The molecule has 0 unspecified atom stereocenters. The summed E-state index contributed by atoms with van der Waals surface area (Å²) in [5.74, 6) is 0.167. The van der Waals surface area contributed by atoms with Crippen molar-refractivity contribution >= 4 is 5.69 Å². The third-order valence-corrected chi connectivity index (χ3v) is 2.49. The molecule has 1 aromatic carbocycles. The molecule has 1 aromatic heterocycles. The number of hydrogen-bond acceptors (Lipinski definition) is 3. The molecule has 0 spiro atoms. The number of pyridine rings is 1. The molecule has 0 aliphatic heterocycles. The number of nitrogens with zero attached hydrogens (tertiary/aromatic N) is 1. The van der Waals surface area contributed by atoms with Crippen molar-refractivity contribution in [3.63, 3.8) is 0 Å². The molecule has 1 heterocycles. The first kappa shape index (κ1) is 13.2. The minimum Gasteiger partial charge on any atom is -0.508 e. The molecule has 0 atom stereocenters. The van der Waals surface area contributed by atoms with Crippen molar-refractivity contribution in [3.8, 4) is 5.75 Å². The van der Waals surface area contributed by atoms with E-state index in [4.69, 9.17) is 5.11 Å². The average molecular weight is 268 g/mol. The number of rotatable bonds is 3. The summed E-state index contributed by atoms with van der Waals surface area (Å²) in [6.07, 6.45) is -3.28. The van der Waals surface area contributed by atoms with Crippen LogP contribution in [0.1, 0.15) is 11.3 Å². The molecule has 3 nitrogen and oxygen atoms in total. The topological polar surface area (TPSA) is 45.1 Å². The first-order valence-electron chi connectivity index (χ1n) is 5.50. The highest BCUT2D eigenvalue weighted by Gasteiger charge is 2.31. The second-order valence-electron chi connectivity index (χ2n) is 3.95. The number of nitrogens with one attached hydrogen (secondary N) is 1. The molecule has 0 fully saturated rings. The van der Waals surface area contributed by atoms with Crippen LogP contribution in [0.15, 0.2) is 42.6 Å². The van der Waals surface area contributed by atoms with E-state index in [9.17, 15) is 13.2 Å². The highest BCUT2D eigenvalue weighted by Crippen LogP contribution is 2.27. The summed E-state index contributed by atoms with van der Waals surface area (Å²) in [5, 5.41) is 12.1. The lowest BCUT2D eigenvalue weighted by molar-refractivity contribution is -0.141. The van der Waals surface area contributed by atoms with Crippen LogP contribution in [0.2, 0.25) is 0 Å². The Morgan fingerprint density at radius 2 is 1.74 bits per heavy atom. The van der Waals surface area contributed by atoms with Crippen LogP contribution >= 0.6 is 0 Å². The van der Waals surface area contributed by atoms with Crippen LogP contribution in [0.3, 0.4) is 0 Å². The van der Waals surface area contributed by atoms with Gasteiger partial charge < -0.3 is 10.4 Å². The van der Waals surface area contributed by atoms with Crippen molar-refractivity contribution < 1.29 is 18.3 Å². The fourth-order valence-electron chi connectivity index (χ4n) is 1.48. The number of halogens is 3. The van der Waals surface area contributed by atoms with Gasteiger partial charge in [0.05, 0.1) is 11.9 Å². The first-order chi connectivity index (χ1) is 8.95. The molecule has 0 radical (unpaired) electrons. The van der Waals surface area contributed by atoms with Gasteiger partial charge in [-0.2, -0.15) is 13.2 Å². The molecular formula is C13H11F3N2O. The minimum atomic E-state index is -4.42. The molecule has 2 aromatic rings. The summed E-state index contributed by atoms with van der Waals surface area (Å²) in [6.45, 7) is 0.438. The lowest BCUT2D eigenvalue weighted by Gasteiger charge is -2.08. The molecule has 2 N–H and O–H groups in total. The number of phenols is 1. The van der Waals surface area contributed by atoms with E-state index >= 15 is 0 Å². The zero-order valence-electron chi connectivity index (χ0n) is 9.78. The van der Waals surface area contributed by atoms with Crippen molar-refractivity contribution in [1.82, 2.24) is 4.98 Å². The van der Waals surface area contributed by atoms with Crippen LogP contribution in [0.5, 0.6) is 5.75 Å². The monoisotopic (exact) mass is 268 g/mol. The fourth-order valence-corrected chi connectivity index (χ4v) is 1.48. The predicted molar refractivity (Wildman–Crippen MR) is 64.7 cm³/mol. The van der Waals surface area contributed by atoms with E-state index in [0.29, 0.717) is 12.2 Å². The molecule has 0 aliphatic rings. The first-order valence-corrected chi connectivity index (χ1v) is 5.50. The van der Waals surface area contributed by atoms with Crippen LogP contribution < -0.4 is 5.32 Å². The van der Waals surface area contributed by atoms with Gasteiger partial charge in [0.15, 0.2) is 0 Å². The molecule has 6 heteroatoms. The maximum Gasteiger partial charge on any atom is 0.433 e. The molecule has 0 bridgehead atoms.